The van der Waals surface area contributed by atoms with Crippen molar-refractivity contribution in [1.82, 2.24) is 15.3 Å². The third-order valence-corrected chi connectivity index (χ3v) is 1.68. The summed E-state index contributed by atoms with van der Waals surface area (Å²) in [5.74, 6) is 1.52. The lowest BCUT2D eigenvalue weighted by Crippen LogP contribution is -2.17. The van der Waals surface area contributed by atoms with Crippen molar-refractivity contribution in [3.63, 3.8) is 0 Å². The topological polar surface area (TPSA) is 47.0 Å². The first-order chi connectivity index (χ1) is 6.54. The van der Waals surface area contributed by atoms with Crippen LogP contribution in [0.25, 0.3) is 0 Å². The standard InChI is InChI=1S/C10H17N3O/c1-10(2,3)9-12-5-8(6-13-9)14-7-11-4/h5-6,11H,7H2,1-4H3. The highest BCUT2D eigenvalue weighted by Crippen LogP contribution is 2.18. The minimum atomic E-state index is -0.0124. The maximum atomic E-state index is 5.29. The number of nitrogens with zero attached hydrogens (tertiary/aromatic N) is 2. The molecular weight excluding hydrogens is 178 g/mol. The molecule has 1 aromatic heterocycles. The van der Waals surface area contributed by atoms with Crippen molar-refractivity contribution in [2.75, 3.05) is 13.8 Å². The lowest BCUT2D eigenvalue weighted by Gasteiger charge is -2.16. The summed E-state index contributed by atoms with van der Waals surface area (Å²) in [5.41, 5.74) is -0.0124. The van der Waals surface area contributed by atoms with E-state index >= 15 is 0 Å². The fraction of sp³-hybridized carbons (Fsp3) is 0.600. The molecule has 0 atom stereocenters. The Labute approximate surface area is 84.7 Å². The van der Waals surface area contributed by atoms with Gasteiger partial charge in [0.1, 0.15) is 12.6 Å². The van der Waals surface area contributed by atoms with Crippen LogP contribution in [0, 0.1) is 0 Å². The lowest BCUT2D eigenvalue weighted by atomic mass is 9.96. The van der Waals surface area contributed by atoms with Gasteiger partial charge in [0, 0.05) is 5.41 Å². The molecule has 0 aromatic carbocycles. The molecule has 0 aliphatic carbocycles. The Morgan fingerprint density at radius 2 is 1.86 bits per heavy atom. The Morgan fingerprint density at radius 1 is 1.29 bits per heavy atom. The van der Waals surface area contributed by atoms with Crippen LogP contribution >= 0.6 is 0 Å². The Morgan fingerprint density at radius 3 is 2.29 bits per heavy atom. The summed E-state index contributed by atoms with van der Waals surface area (Å²) in [4.78, 5) is 8.48. The van der Waals surface area contributed by atoms with E-state index in [1.807, 2.05) is 7.05 Å². The molecule has 4 nitrogen and oxygen atoms in total. The first-order valence-electron chi connectivity index (χ1n) is 4.64. The molecular formula is C10H17N3O. The molecule has 1 N–H and O–H groups in total. The average Bonchev–Trinajstić information content (AvgIpc) is 2.14. The van der Waals surface area contributed by atoms with Gasteiger partial charge in [-0.2, -0.15) is 0 Å². The zero-order valence-electron chi connectivity index (χ0n) is 9.16. The van der Waals surface area contributed by atoms with E-state index in [4.69, 9.17) is 4.74 Å². The number of hydrogen-bond donors (Lipinski definition) is 1. The van der Waals surface area contributed by atoms with Gasteiger partial charge in [-0.15, -0.1) is 0 Å². The van der Waals surface area contributed by atoms with Gasteiger partial charge < -0.3 is 4.74 Å². The molecule has 0 saturated carbocycles. The van der Waals surface area contributed by atoms with E-state index < -0.39 is 0 Å². The van der Waals surface area contributed by atoms with Crippen molar-refractivity contribution in [3.05, 3.63) is 18.2 Å². The van der Waals surface area contributed by atoms with Crippen molar-refractivity contribution in [1.29, 1.82) is 0 Å². The monoisotopic (exact) mass is 195 g/mol. The summed E-state index contributed by atoms with van der Waals surface area (Å²) in [5, 5.41) is 2.88. The highest BCUT2D eigenvalue weighted by molar-refractivity contribution is 5.14. The van der Waals surface area contributed by atoms with Gasteiger partial charge in [-0.25, -0.2) is 9.97 Å². The molecule has 78 valence electrons. The number of rotatable bonds is 3. The third kappa shape index (κ3) is 2.96. The minimum Gasteiger partial charge on any atom is -0.475 e. The van der Waals surface area contributed by atoms with Gasteiger partial charge in [-0.05, 0) is 7.05 Å². The molecule has 0 fully saturated rings. The Kier molecular flexibility index (Phi) is 3.41. The third-order valence-electron chi connectivity index (χ3n) is 1.68. The predicted octanol–water partition coefficient (Wildman–Crippen LogP) is 1.33. The molecule has 0 amide bonds. The van der Waals surface area contributed by atoms with Crippen LogP contribution in [0.3, 0.4) is 0 Å². The molecule has 0 aliphatic rings. The van der Waals surface area contributed by atoms with Crippen LogP contribution in [0.5, 0.6) is 5.75 Å². The number of aromatic nitrogens is 2. The van der Waals surface area contributed by atoms with Gasteiger partial charge >= 0.3 is 0 Å². The van der Waals surface area contributed by atoms with Crippen molar-refractivity contribution >= 4 is 0 Å². The zero-order valence-corrected chi connectivity index (χ0v) is 9.16. The summed E-state index contributed by atoms with van der Waals surface area (Å²) in [6.07, 6.45) is 3.40. The predicted molar refractivity (Wildman–Crippen MR) is 55.3 cm³/mol. The van der Waals surface area contributed by atoms with E-state index in [1.165, 1.54) is 0 Å². The van der Waals surface area contributed by atoms with Crippen LogP contribution in [0.2, 0.25) is 0 Å². The van der Waals surface area contributed by atoms with E-state index in [2.05, 4.69) is 36.1 Å². The number of hydrogen-bond acceptors (Lipinski definition) is 4. The molecule has 0 bridgehead atoms. The lowest BCUT2D eigenvalue weighted by molar-refractivity contribution is 0.293. The maximum Gasteiger partial charge on any atom is 0.157 e. The molecule has 1 rings (SSSR count). The zero-order chi connectivity index (χ0) is 10.6. The fourth-order valence-electron chi connectivity index (χ4n) is 0.934. The van der Waals surface area contributed by atoms with Gasteiger partial charge in [0.05, 0.1) is 12.4 Å². The van der Waals surface area contributed by atoms with Crippen LogP contribution in [0.15, 0.2) is 12.4 Å². The Bertz CT molecular complexity index is 276. The van der Waals surface area contributed by atoms with Crippen LogP contribution in [0.4, 0.5) is 0 Å². The van der Waals surface area contributed by atoms with E-state index in [1.54, 1.807) is 12.4 Å². The summed E-state index contributed by atoms with van der Waals surface area (Å²) in [6.45, 7) is 6.71. The van der Waals surface area contributed by atoms with E-state index in [0.717, 1.165) is 5.82 Å². The van der Waals surface area contributed by atoms with Crippen molar-refractivity contribution < 1.29 is 4.74 Å². The summed E-state index contributed by atoms with van der Waals surface area (Å²) < 4.78 is 5.29. The second-order valence-corrected chi connectivity index (χ2v) is 4.13. The molecule has 1 aromatic rings. The molecule has 0 unspecified atom stereocenters. The van der Waals surface area contributed by atoms with Crippen LogP contribution in [0.1, 0.15) is 26.6 Å². The summed E-state index contributed by atoms with van der Waals surface area (Å²) in [7, 11) is 1.82. The minimum absolute atomic E-state index is 0.0124. The molecule has 0 spiro atoms. The molecule has 0 saturated heterocycles. The summed E-state index contributed by atoms with van der Waals surface area (Å²) >= 11 is 0. The second kappa shape index (κ2) is 4.37. The highest BCUT2D eigenvalue weighted by atomic mass is 16.5. The molecule has 0 radical (unpaired) electrons. The normalized spacial score (nSPS) is 11.4. The largest absolute Gasteiger partial charge is 0.475 e. The number of ether oxygens (including phenoxy) is 1. The number of nitrogens with one attached hydrogen (secondary N) is 1. The van der Waals surface area contributed by atoms with Crippen LogP contribution < -0.4 is 10.1 Å². The van der Waals surface area contributed by atoms with E-state index in [-0.39, 0.29) is 5.41 Å². The first-order valence-corrected chi connectivity index (χ1v) is 4.64. The second-order valence-electron chi connectivity index (χ2n) is 4.13. The van der Waals surface area contributed by atoms with Gasteiger partial charge in [-0.1, -0.05) is 20.8 Å². The van der Waals surface area contributed by atoms with Gasteiger partial charge in [-0.3, -0.25) is 5.32 Å². The smallest absolute Gasteiger partial charge is 0.157 e. The molecule has 14 heavy (non-hydrogen) atoms. The van der Waals surface area contributed by atoms with Crippen molar-refractivity contribution in [3.8, 4) is 5.75 Å². The average molecular weight is 195 g/mol. The Balaban J connectivity index is 2.69. The van der Waals surface area contributed by atoms with Gasteiger partial charge in [0.2, 0.25) is 0 Å². The highest BCUT2D eigenvalue weighted by Gasteiger charge is 2.16. The first kappa shape index (κ1) is 10.9. The fourth-order valence-corrected chi connectivity index (χ4v) is 0.934. The molecule has 4 heteroatoms. The van der Waals surface area contributed by atoms with Gasteiger partial charge in [0.25, 0.3) is 0 Å². The summed E-state index contributed by atoms with van der Waals surface area (Å²) in [6, 6.07) is 0. The van der Waals surface area contributed by atoms with Gasteiger partial charge in [0.15, 0.2) is 5.75 Å². The van der Waals surface area contributed by atoms with Crippen LogP contribution in [-0.2, 0) is 5.41 Å². The maximum absolute atomic E-state index is 5.29. The van der Waals surface area contributed by atoms with E-state index in [9.17, 15) is 0 Å². The Hall–Kier alpha value is -1.16. The molecule has 1 heterocycles. The van der Waals surface area contributed by atoms with Crippen molar-refractivity contribution in [2.45, 2.75) is 26.2 Å². The van der Waals surface area contributed by atoms with E-state index in [0.29, 0.717) is 12.5 Å². The molecule has 0 aliphatic heterocycles. The quantitative estimate of drug-likeness (QED) is 0.739. The van der Waals surface area contributed by atoms with Crippen LogP contribution in [-0.4, -0.2) is 23.7 Å². The SMILES string of the molecule is CNCOc1cnc(C(C)(C)C)nc1. The van der Waals surface area contributed by atoms with Crippen molar-refractivity contribution in [2.24, 2.45) is 0 Å².